The van der Waals surface area contributed by atoms with Gasteiger partial charge in [-0.05, 0) is 25.1 Å². The summed E-state index contributed by atoms with van der Waals surface area (Å²) in [6.07, 6.45) is -3.54. The zero-order valence-electron chi connectivity index (χ0n) is 15.3. The monoisotopic (exact) mass is 422 g/mol. The molecule has 2 aromatic heterocycles. The molecule has 0 atom stereocenters. The number of nitrogens with zero attached hydrogens (tertiary/aromatic N) is 3. The number of non-ortho nitro benzene ring substituents is 1. The molecule has 12 heteroatoms. The topological polar surface area (TPSA) is 116 Å². The second kappa shape index (κ2) is 7.81. The molecule has 30 heavy (non-hydrogen) atoms. The molecule has 1 aromatic carbocycles. The lowest BCUT2D eigenvalue weighted by Gasteiger charge is -2.13. The molecule has 0 saturated heterocycles. The van der Waals surface area contributed by atoms with Crippen molar-refractivity contribution in [1.82, 2.24) is 9.38 Å². The Morgan fingerprint density at radius 2 is 2.00 bits per heavy atom. The zero-order valence-corrected chi connectivity index (χ0v) is 15.3. The van der Waals surface area contributed by atoms with Gasteiger partial charge < -0.3 is 14.5 Å². The highest BCUT2D eigenvalue weighted by molar-refractivity contribution is 5.95. The Balaban J connectivity index is 1.70. The van der Waals surface area contributed by atoms with E-state index in [-0.39, 0.29) is 5.69 Å². The minimum Gasteiger partial charge on any atom is -0.451 e. The van der Waals surface area contributed by atoms with Gasteiger partial charge in [0.25, 0.3) is 11.6 Å². The lowest BCUT2D eigenvalue weighted by atomic mass is 10.1. The SMILES string of the molecule is Cc1cccc2nc(C(=O)OCC(=O)Nc3ccc([N+](=O)[O-])cc3C(F)(F)F)cn12. The fourth-order valence-corrected chi connectivity index (χ4v) is 2.63. The van der Waals surface area contributed by atoms with E-state index >= 15 is 0 Å². The number of carbonyl (C=O) groups excluding carboxylic acids is 2. The van der Waals surface area contributed by atoms with Gasteiger partial charge in [-0.1, -0.05) is 6.07 Å². The molecule has 2 heterocycles. The van der Waals surface area contributed by atoms with Gasteiger partial charge in [0, 0.05) is 24.0 Å². The highest BCUT2D eigenvalue weighted by atomic mass is 19.4. The van der Waals surface area contributed by atoms with Crippen LogP contribution in [0.4, 0.5) is 24.5 Å². The summed E-state index contributed by atoms with van der Waals surface area (Å²) < 4.78 is 45.9. The van der Waals surface area contributed by atoms with Crippen molar-refractivity contribution in [3.63, 3.8) is 0 Å². The van der Waals surface area contributed by atoms with Gasteiger partial charge in [-0.15, -0.1) is 0 Å². The number of aryl methyl sites for hydroxylation is 1. The number of hydrogen-bond donors (Lipinski definition) is 1. The van der Waals surface area contributed by atoms with Crippen LogP contribution in [0.1, 0.15) is 21.7 Å². The maximum Gasteiger partial charge on any atom is 0.418 e. The van der Waals surface area contributed by atoms with E-state index in [1.165, 1.54) is 6.20 Å². The quantitative estimate of drug-likeness (QED) is 0.383. The number of amides is 1. The molecule has 1 amide bonds. The van der Waals surface area contributed by atoms with Crippen LogP contribution in [0, 0.1) is 17.0 Å². The van der Waals surface area contributed by atoms with Gasteiger partial charge in [-0.25, -0.2) is 9.78 Å². The van der Waals surface area contributed by atoms with E-state index in [1.54, 1.807) is 29.5 Å². The van der Waals surface area contributed by atoms with Gasteiger partial charge in [0.05, 0.1) is 16.2 Å². The lowest BCUT2D eigenvalue weighted by Crippen LogP contribution is -2.23. The largest absolute Gasteiger partial charge is 0.451 e. The zero-order chi connectivity index (χ0) is 22.1. The van der Waals surface area contributed by atoms with Crippen molar-refractivity contribution in [3.05, 3.63) is 69.7 Å². The minimum atomic E-state index is -4.94. The number of ether oxygens (including phenoxy) is 1. The van der Waals surface area contributed by atoms with Crippen LogP contribution in [0.3, 0.4) is 0 Å². The molecule has 3 aromatic rings. The molecule has 0 radical (unpaired) electrons. The standard InChI is InChI=1S/C18H13F3N4O5/c1-10-3-2-4-15-22-14(8-24(10)15)17(27)30-9-16(26)23-13-6-5-11(25(28)29)7-12(13)18(19,20)21/h2-8H,9H2,1H3,(H,23,26). The van der Waals surface area contributed by atoms with E-state index in [9.17, 15) is 32.9 Å². The molecule has 0 fully saturated rings. The van der Waals surface area contributed by atoms with Crippen LogP contribution in [0.15, 0.2) is 42.6 Å². The van der Waals surface area contributed by atoms with E-state index in [2.05, 4.69) is 4.98 Å². The molecule has 156 valence electrons. The predicted octanol–water partition coefficient (Wildman–Crippen LogP) is 3.37. The van der Waals surface area contributed by atoms with Crippen LogP contribution >= 0.6 is 0 Å². The number of nitrogens with one attached hydrogen (secondary N) is 1. The Morgan fingerprint density at radius 1 is 1.27 bits per heavy atom. The number of hydrogen-bond acceptors (Lipinski definition) is 6. The number of nitro benzene ring substituents is 1. The van der Waals surface area contributed by atoms with Crippen molar-refractivity contribution in [2.45, 2.75) is 13.1 Å². The number of benzene rings is 1. The summed E-state index contributed by atoms with van der Waals surface area (Å²) in [7, 11) is 0. The first-order valence-electron chi connectivity index (χ1n) is 8.33. The summed E-state index contributed by atoms with van der Waals surface area (Å²) in [5.74, 6) is -1.99. The van der Waals surface area contributed by atoms with Gasteiger partial charge >= 0.3 is 12.1 Å². The molecule has 1 N–H and O–H groups in total. The average Bonchev–Trinajstić information content (AvgIpc) is 3.11. The Morgan fingerprint density at radius 3 is 2.63 bits per heavy atom. The van der Waals surface area contributed by atoms with Crippen molar-refractivity contribution < 1.29 is 32.4 Å². The van der Waals surface area contributed by atoms with Crippen molar-refractivity contribution in [2.75, 3.05) is 11.9 Å². The van der Waals surface area contributed by atoms with Crippen molar-refractivity contribution >= 4 is 28.9 Å². The van der Waals surface area contributed by atoms with Gasteiger partial charge in [0.2, 0.25) is 0 Å². The minimum absolute atomic E-state index is 0.0802. The summed E-state index contributed by atoms with van der Waals surface area (Å²) in [6, 6.07) is 7.06. The second-order valence-corrected chi connectivity index (χ2v) is 6.13. The summed E-state index contributed by atoms with van der Waals surface area (Å²) in [4.78, 5) is 37.8. The number of fused-ring (bicyclic) bond motifs is 1. The van der Waals surface area contributed by atoms with Gasteiger partial charge in [0.15, 0.2) is 12.3 Å². The molecular formula is C18H13F3N4O5. The number of aromatic nitrogens is 2. The van der Waals surface area contributed by atoms with Crippen molar-refractivity contribution in [1.29, 1.82) is 0 Å². The Labute approximate surface area is 166 Å². The maximum atomic E-state index is 13.1. The highest BCUT2D eigenvalue weighted by Crippen LogP contribution is 2.37. The number of pyridine rings is 1. The van der Waals surface area contributed by atoms with Crippen LogP contribution in [0.25, 0.3) is 5.65 Å². The lowest BCUT2D eigenvalue weighted by molar-refractivity contribution is -0.385. The summed E-state index contributed by atoms with van der Waals surface area (Å²) in [5, 5.41) is 12.6. The molecule has 0 aliphatic rings. The molecule has 3 rings (SSSR count). The third-order valence-electron chi connectivity index (χ3n) is 4.03. The fraction of sp³-hybridized carbons (Fsp3) is 0.167. The van der Waals surface area contributed by atoms with E-state index < -0.39 is 46.5 Å². The second-order valence-electron chi connectivity index (χ2n) is 6.13. The summed E-state index contributed by atoms with van der Waals surface area (Å²) >= 11 is 0. The Hall–Kier alpha value is -3.96. The number of halogens is 3. The Bertz CT molecular complexity index is 1160. The number of alkyl halides is 3. The summed E-state index contributed by atoms with van der Waals surface area (Å²) in [5.41, 5.74) is -1.68. The first-order valence-corrected chi connectivity index (χ1v) is 8.33. The number of anilines is 1. The number of rotatable bonds is 5. The molecule has 0 aliphatic heterocycles. The number of esters is 1. The third kappa shape index (κ3) is 4.37. The Kier molecular flexibility index (Phi) is 5.41. The van der Waals surface area contributed by atoms with Gasteiger partial charge in [-0.3, -0.25) is 14.9 Å². The molecule has 0 spiro atoms. The maximum absolute atomic E-state index is 13.1. The molecule has 9 nitrogen and oxygen atoms in total. The van der Waals surface area contributed by atoms with Crippen LogP contribution in [-0.4, -0.2) is 32.8 Å². The van der Waals surface area contributed by atoms with E-state index in [0.29, 0.717) is 11.7 Å². The molecule has 0 aliphatic carbocycles. The van der Waals surface area contributed by atoms with Crippen molar-refractivity contribution in [3.8, 4) is 0 Å². The molecular weight excluding hydrogens is 409 g/mol. The normalized spacial score (nSPS) is 11.3. The van der Waals surface area contributed by atoms with Gasteiger partial charge in [-0.2, -0.15) is 13.2 Å². The smallest absolute Gasteiger partial charge is 0.418 e. The van der Waals surface area contributed by atoms with E-state index in [4.69, 9.17) is 4.74 Å². The molecule has 0 saturated carbocycles. The first-order chi connectivity index (χ1) is 14.1. The predicted molar refractivity (Wildman–Crippen MR) is 96.9 cm³/mol. The van der Waals surface area contributed by atoms with Crippen LogP contribution in [0.2, 0.25) is 0 Å². The highest BCUT2D eigenvalue weighted by Gasteiger charge is 2.35. The first kappa shape index (κ1) is 20.8. The summed E-state index contributed by atoms with van der Waals surface area (Å²) in [6.45, 7) is 0.916. The number of imidazole rings is 1. The van der Waals surface area contributed by atoms with Crippen LogP contribution in [-0.2, 0) is 15.7 Å². The third-order valence-corrected chi connectivity index (χ3v) is 4.03. The number of nitro groups is 1. The van der Waals surface area contributed by atoms with E-state index in [1.807, 2.05) is 5.32 Å². The van der Waals surface area contributed by atoms with E-state index in [0.717, 1.165) is 17.8 Å². The van der Waals surface area contributed by atoms with Crippen molar-refractivity contribution in [2.24, 2.45) is 0 Å². The molecule has 0 bridgehead atoms. The molecule has 0 unspecified atom stereocenters. The fourth-order valence-electron chi connectivity index (χ4n) is 2.63. The average molecular weight is 422 g/mol. The van der Waals surface area contributed by atoms with Gasteiger partial charge in [0.1, 0.15) is 5.65 Å². The van der Waals surface area contributed by atoms with Crippen LogP contribution in [0.5, 0.6) is 0 Å². The van der Waals surface area contributed by atoms with Crippen LogP contribution < -0.4 is 5.32 Å². The number of carbonyl (C=O) groups is 2.